The highest BCUT2D eigenvalue weighted by Crippen LogP contribution is 2.33. The number of fused-ring (bicyclic) bond motifs is 1. The van der Waals surface area contributed by atoms with E-state index in [1.54, 1.807) is 5.56 Å². The second kappa shape index (κ2) is 8.36. The van der Waals surface area contributed by atoms with Crippen LogP contribution in [-0.4, -0.2) is 24.0 Å². The molecule has 2 aliphatic rings. The molecule has 2 aromatic carbocycles. The van der Waals surface area contributed by atoms with E-state index in [9.17, 15) is 0 Å². The van der Waals surface area contributed by atoms with Gasteiger partial charge in [-0.2, -0.15) is 0 Å². The Morgan fingerprint density at radius 3 is 2.52 bits per heavy atom. The maximum Gasteiger partial charge on any atom is 0.0123 e. The standard InChI is InChI=1S/C24H33N/c1-6-18-25(19-7-1)24-17-5-3-11-22(24)15-9-14-21-13-8-12-20-10-2-4-16-23(20)21/h2,4,8,10,12-13,16,22,24H,1,3,5-7,9,11,14-15,17-19H2. The quantitative estimate of drug-likeness (QED) is 0.628. The van der Waals surface area contributed by atoms with Crippen LogP contribution in [0, 0.1) is 5.92 Å². The lowest BCUT2D eigenvalue weighted by Crippen LogP contribution is -2.45. The number of aryl methyl sites for hydroxylation is 1. The molecule has 2 atom stereocenters. The number of hydrogen-bond acceptors (Lipinski definition) is 1. The average Bonchev–Trinajstić information content (AvgIpc) is 2.69. The van der Waals surface area contributed by atoms with Gasteiger partial charge in [-0.25, -0.2) is 0 Å². The highest BCUT2D eigenvalue weighted by atomic mass is 15.2. The van der Waals surface area contributed by atoms with Gasteiger partial charge in [0.25, 0.3) is 0 Å². The van der Waals surface area contributed by atoms with Crippen LogP contribution in [0.15, 0.2) is 42.5 Å². The fourth-order valence-corrected chi connectivity index (χ4v) is 5.32. The van der Waals surface area contributed by atoms with Crippen molar-refractivity contribution in [3.63, 3.8) is 0 Å². The monoisotopic (exact) mass is 335 g/mol. The van der Waals surface area contributed by atoms with Gasteiger partial charge in [0, 0.05) is 6.04 Å². The number of hydrogen-bond donors (Lipinski definition) is 0. The smallest absolute Gasteiger partial charge is 0.0123 e. The molecule has 1 aliphatic heterocycles. The molecule has 25 heavy (non-hydrogen) atoms. The largest absolute Gasteiger partial charge is 0.300 e. The van der Waals surface area contributed by atoms with Crippen LogP contribution in [0.4, 0.5) is 0 Å². The van der Waals surface area contributed by atoms with Crippen molar-refractivity contribution in [1.29, 1.82) is 0 Å². The first-order valence-electron chi connectivity index (χ1n) is 10.6. The zero-order valence-corrected chi connectivity index (χ0v) is 15.6. The van der Waals surface area contributed by atoms with Crippen LogP contribution >= 0.6 is 0 Å². The second-order valence-electron chi connectivity index (χ2n) is 8.24. The summed E-state index contributed by atoms with van der Waals surface area (Å²) in [6, 6.07) is 16.6. The SMILES string of the molecule is c1ccc2c(CCCC3CCCCC3N3CCCCC3)cccc2c1. The van der Waals surface area contributed by atoms with Gasteiger partial charge in [-0.1, -0.05) is 61.7 Å². The van der Waals surface area contributed by atoms with Gasteiger partial charge in [0.2, 0.25) is 0 Å². The Kier molecular flexibility index (Phi) is 5.72. The van der Waals surface area contributed by atoms with Crippen molar-refractivity contribution in [1.82, 2.24) is 4.90 Å². The van der Waals surface area contributed by atoms with Crippen LogP contribution in [0.2, 0.25) is 0 Å². The Hall–Kier alpha value is -1.34. The molecule has 1 heterocycles. The van der Waals surface area contributed by atoms with E-state index in [-0.39, 0.29) is 0 Å². The van der Waals surface area contributed by atoms with E-state index < -0.39 is 0 Å². The van der Waals surface area contributed by atoms with Crippen LogP contribution < -0.4 is 0 Å². The molecule has 0 radical (unpaired) electrons. The number of nitrogens with zero attached hydrogens (tertiary/aromatic N) is 1. The highest BCUT2D eigenvalue weighted by molar-refractivity contribution is 5.85. The minimum Gasteiger partial charge on any atom is -0.300 e. The molecular weight excluding hydrogens is 302 g/mol. The Bertz CT molecular complexity index is 665. The minimum atomic E-state index is 0.890. The van der Waals surface area contributed by atoms with Gasteiger partial charge in [-0.05, 0) is 80.3 Å². The van der Waals surface area contributed by atoms with Gasteiger partial charge in [0.05, 0.1) is 0 Å². The molecular formula is C24H33N. The summed E-state index contributed by atoms with van der Waals surface area (Å²) >= 11 is 0. The van der Waals surface area contributed by atoms with Crippen LogP contribution in [-0.2, 0) is 6.42 Å². The zero-order chi connectivity index (χ0) is 16.9. The first-order chi connectivity index (χ1) is 12.4. The number of rotatable bonds is 5. The van der Waals surface area contributed by atoms with Gasteiger partial charge < -0.3 is 4.90 Å². The molecule has 4 rings (SSSR count). The predicted octanol–water partition coefficient (Wildman–Crippen LogP) is 6.21. The molecule has 0 aromatic heterocycles. The van der Waals surface area contributed by atoms with Gasteiger partial charge in [0.15, 0.2) is 0 Å². The van der Waals surface area contributed by atoms with Crippen molar-refractivity contribution in [2.45, 2.75) is 70.3 Å². The molecule has 1 aliphatic carbocycles. The molecule has 134 valence electrons. The van der Waals surface area contributed by atoms with Crippen molar-refractivity contribution in [3.05, 3.63) is 48.0 Å². The third-order valence-corrected chi connectivity index (χ3v) is 6.63. The van der Waals surface area contributed by atoms with Crippen molar-refractivity contribution < 1.29 is 0 Å². The minimum absolute atomic E-state index is 0.890. The lowest BCUT2D eigenvalue weighted by Gasteiger charge is -2.42. The van der Waals surface area contributed by atoms with Crippen LogP contribution in [0.3, 0.4) is 0 Å². The van der Waals surface area contributed by atoms with Crippen molar-refractivity contribution >= 4 is 10.8 Å². The summed E-state index contributed by atoms with van der Waals surface area (Å²) in [6.45, 7) is 2.73. The topological polar surface area (TPSA) is 3.24 Å². The first-order valence-corrected chi connectivity index (χ1v) is 10.6. The van der Waals surface area contributed by atoms with Crippen LogP contribution in [0.1, 0.15) is 63.4 Å². The molecule has 0 amide bonds. The van der Waals surface area contributed by atoms with Crippen molar-refractivity contribution in [2.24, 2.45) is 5.92 Å². The maximum atomic E-state index is 2.85. The number of likely N-dealkylation sites (tertiary alicyclic amines) is 1. The van der Waals surface area contributed by atoms with Crippen molar-refractivity contribution in [2.75, 3.05) is 13.1 Å². The molecule has 2 aromatic rings. The van der Waals surface area contributed by atoms with E-state index in [2.05, 4.69) is 47.4 Å². The molecule has 2 unspecified atom stereocenters. The second-order valence-corrected chi connectivity index (χ2v) is 8.24. The first kappa shape index (κ1) is 17.1. The fraction of sp³-hybridized carbons (Fsp3) is 0.583. The van der Waals surface area contributed by atoms with Crippen molar-refractivity contribution in [3.8, 4) is 0 Å². The fourth-order valence-electron chi connectivity index (χ4n) is 5.32. The summed E-state index contributed by atoms with van der Waals surface area (Å²) in [5.74, 6) is 0.946. The van der Waals surface area contributed by atoms with Crippen LogP contribution in [0.25, 0.3) is 10.8 Å². The Balaban J connectivity index is 1.37. The van der Waals surface area contributed by atoms with E-state index in [1.807, 2.05) is 0 Å². The Labute approximate surface area is 153 Å². The normalized spacial score (nSPS) is 25.3. The summed E-state index contributed by atoms with van der Waals surface area (Å²) in [4.78, 5) is 2.85. The summed E-state index contributed by atoms with van der Waals surface area (Å²) in [7, 11) is 0. The number of piperidine rings is 1. The maximum absolute atomic E-state index is 2.85. The highest BCUT2D eigenvalue weighted by Gasteiger charge is 2.30. The van der Waals surface area contributed by atoms with Gasteiger partial charge >= 0.3 is 0 Å². The van der Waals surface area contributed by atoms with E-state index in [0.29, 0.717) is 0 Å². The molecule has 1 nitrogen and oxygen atoms in total. The molecule has 1 heteroatoms. The zero-order valence-electron chi connectivity index (χ0n) is 15.6. The van der Waals surface area contributed by atoms with Gasteiger partial charge in [-0.15, -0.1) is 0 Å². The molecule has 2 fully saturated rings. The molecule has 0 N–H and O–H groups in total. The lowest BCUT2D eigenvalue weighted by atomic mass is 9.79. The van der Waals surface area contributed by atoms with E-state index in [0.717, 1.165) is 12.0 Å². The van der Waals surface area contributed by atoms with E-state index in [4.69, 9.17) is 0 Å². The third kappa shape index (κ3) is 4.08. The average molecular weight is 336 g/mol. The summed E-state index contributed by atoms with van der Waals surface area (Å²) in [6.07, 6.45) is 14.2. The van der Waals surface area contributed by atoms with Crippen LogP contribution in [0.5, 0.6) is 0 Å². The Morgan fingerprint density at radius 2 is 1.60 bits per heavy atom. The molecule has 1 saturated carbocycles. The summed E-state index contributed by atoms with van der Waals surface area (Å²) < 4.78 is 0. The van der Waals surface area contributed by atoms with E-state index >= 15 is 0 Å². The number of benzene rings is 2. The van der Waals surface area contributed by atoms with Gasteiger partial charge in [-0.3, -0.25) is 0 Å². The van der Waals surface area contributed by atoms with E-state index in [1.165, 1.54) is 88.1 Å². The molecule has 0 bridgehead atoms. The Morgan fingerprint density at radius 1 is 0.800 bits per heavy atom. The summed E-state index contributed by atoms with van der Waals surface area (Å²) in [5, 5.41) is 2.85. The molecule has 0 spiro atoms. The third-order valence-electron chi connectivity index (χ3n) is 6.63. The summed E-state index contributed by atoms with van der Waals surface area (Å²) in [5.41, 5.74) is 1.54. The molecule has 1 saturated heterocycles. The van der Waals surface area contributed by atoms with Gasteiger partial charge in [0.1, 0.15) is 0 Å². The lowest BCUT2D eigenvalue weighted by molar-refractivity contribution is 0.0798. The predicted molar refractivity (Wildman–Crippen MR) is 108 cm³/mol.